The van der Waals surface area contributed by atoms with E-state index in [-0.39, 0.29) is 11.9 Å². The van der Waals surface area contributed by atoms with Crippen LogP contribution in [0.3, 0.4) is 0 Å². The third kappa shape index (κ3) is 2.62. The van der Waals surface area contributed by atoms with E-state index in [0.717, 1.165) is 9.88 Å². The summed E-state index contributed by atoms with van der Waals surface area (Å²) in [6.07, 6.45) is 1.79. The number of hydrogen-bond acceptors (Lipinski definition) is 5. The van der Waals surface area contributed by atoms with Gasteiger partial charge in [0, 0.05) is 17.1 Å². The van der Waals surface area contributed by atoms with E-state index >= 15 is 0 Å². The van der Waals surface area contributed by atoms with Gasteiger partial charge in [-0.25, -0.2) is 4.98 Å². The summed E-state index contributed by atoms with van der Waals surface area (Å²) in [6, 6.07) is 1.36. The van der Waals surface area contributed by atoms with Crippen LogP contribution in [0.4, 0.5) is 5.82 Å². The highest BCUT2D eigenvalue weighted by Gasteiger charge is 2.15. The normalized spacial score (nSPS) is 12.4. The molecule has 4 N–H and O–H groups in total. The third-order valence-corrected chi connectivity index (χ3v) is 3.29. The number of carbonyl (C=O) groups is 1. The van der Waals surface area contributed by atoms with Crippen molar-refractivity contribution >= 4 is 23.1 Å². The van der Waals surface area contributed by atoms with Crippen LogP contribution in [0.15, 0.2) is 12.3 Å². The van der Waals surface area contributed by atoms with Crippen LogP contribution in [0.2, 0.25) is 0 Å². The first kappa shape index (κ1) is 11.6. The van der Waals surface area contributed by atoms with E-state index in [1.807, 2.05) is 13.8 Å². The molecular weight excluding hydrogens is 238 g/mol. The lowest BCUT2D eigenvalue weighted by atomic mass is 10.3. The van der Waals surface area contributed by atoms with Crippen molar-refractivity contribution in [2.75, 3.05) is 5.73 Å². The van der Waals surface area contributed by atoms with Gasteiger partial charge < -0.3 is 11.1 Å². The van der Waals surface area contributed by atoms with Gasteiger partial charge in [0.2, 0.25) is 0 Å². The quantitative estimate of drug-likeness (QED) is 0.764. The number of H-pyrrole nitrogens is 1. The van der Waals surface area contributed by atoms with E-state index in [4.69, 9.17) is 5.73 Å². The molecule has 0 saturated heterocycles. The molecule has 17 heavy (non-hydrogen) atoms. The van der Waals surface area contributed by atoms with E-state index < -0.39 is 0 Å². The zero-order valence-electron chi connectivity index (χ0n) is 9.52. The van der Waals surface area contributed by atoms with Crippen molar-refractivity contribution in [1.82, 2.24) is 20.5 Å². The van der Waals surface area contributed by atoms with E-state index in [1.165, 1.54) is 6.07 Å². The topological polar surface area (TPSA) is 96.7 Å². The molecule has 1 amide bonds. The Labute approximate surface area is 102 Å². The SMILES string of the molecule is Cc1cnc(C(C)NC(=O)c2cc(N)n[nH]2)s1. The molecule has 6 nitrogen and oxygen atoms in total. The molecule has 2 rings (SSSR count). The Balaban J connectivity index is 2.04. The number of aromatic amines is 1. The number of aryl methyl sites for hydroxylation is 1. The highest BCUT2D eigenvalue weighted by molar-refractivity contribution is 7.11. The van der Waals surface area contributed by atoms with Gasteiger partial charge in [0.05, 0.1) is 6.04 Å². The Kier molecular flexibility index (Phi) is 3.10. The summed E-state index contributed by atoms with van der Waals surface area (Å²) in [7, 11) is 0. The molecular formula is C10H13N5OS. The first-order valence-electron chi connectivity index (χ1n) is 5.10. The molecule has 0 saturated carbocycles. The molecule has 0 fully saturated rings. The molecule has 90 valence electrons. The van der Waals surface area contributed by atoms with Crippen LogP contribution in [0, 0.1) is 6.92 Å². The summed E-state index contributed by atoms with van der Waals surface area (Å²) in [5.74, 6) is 0.0578. The van der Waals surface area contributed by atoms with Crippen LogP contribution < -0.4 is 11.1 Å². The number of rotatable bonds is 3. The molecule has 0 aliphatic carbocycles. The number of nitrogen functional groups attached to an aromatic ring is 1. The predicted molar refractivity (Wildman–Crippen MR) is 65.7 cm³/mol. The number of amides is 1. The first-order chi connectivity index (χ1) is 8.06. The minimum absolute atomic E-state index is 0.134. The van der Waals surface area contributed by atoms with Gasteiger partial charge in [-0.2, -0.15) is 5.10 Å². The third-order valence-electron chi connectivity index (χ3n) is 2.20. The maximum Gasteiger partial charge on any atom is 0.269 e. The molecule has 7 heteroatoms. The lowest BCUT2D eigenvalue weighted by molar-refractivity contribution is 0.0935. The Morgan fingerprint density at radius 1 is 1.65 bits per heavy atom. The average Bonchev–Trinajstić information content (AvgIpc) is 2.87. The molecule has 2 aromatic heterocycles. The van der Waals surface area contributed by atoms with Crippen molar-refractivity contribution in [1.29, 1.82) is 0 Å². The van der Waals surface area contributed by atoms with Crippen LogP contribution in [-0.2, 0) is 0 Å². The molecule has 1 atom stereocenters. The lowest BCUT2D eigenvalue weighted by Crippen LogP contribution is -2.26. The highest BCUT2D eigenvalue weighted by atomic mass is 32.1. The molecule has 0 aliphatic rings. The molecule has 0 bridgehead atoms. The minimum Gasteiger partial charge on any atom is -0.382 e. The number of nitrogens with one attached hydrogen (secondary N) is 2. The van der Waals surface area contributed by atoms with Crippen LogP contribution in [0.1, 0.15) is 33.3 Å². The van der Waals surface area contributed by atoms with E-state index in [2.05, 4.69) is 20.5 Å². The molecule has 1 unspecified atom stereocenters. The van der Waals surface area contributed by atoms with Crippen LogP contribution in [0.25, 0.3) is 0 Å². The standard InChI is InChI=1S/C10H13N5OS/c1-5-4-12-10(17-5)6(2)13-9(16)7-3-8(11)15-14-7/h3-4,6H,1-2H3,(H,13,16)(H3,11,14,15). The number of thiazole rings is 1. The van der Waals surface area contributed by atoms with Crippen LogP contribution in [0.5, 0.6) is 0 Å². The van der Waals surface area contributed by atoms with Gasteiger partial charge in [-0.3, -0.25) is 9.89 Å². The minimum atomic E-state index is -0.241. The fourth-order valence-corrected chi connectivity index (χ4v) is 2.14. The number of carbonyl (C=O) groups excluding carboxylic acids is 1. The summed E-state index contributed by atoms with van der Waals surface area (Å²) in [5, 5.41) is 9.96. The molecule has 2 aromatic rings. The van der Waals surface area contributed by atoms with Gasteiger partial charge in [0.1, 0.15) is 16.5 Å². The number of anilines is 1. The van der Waals surface area contributed by atoms with Crippen molar-refractivity contribution in [2.45, 2.75) is 19.9 Å². The Morgan fingerprint density at radius 3 is 2.94 bits per heavy atom. The molecule has 2 heterocycles. The number of nitrogens with zero attached hydrogens (tertiary/aromatic N) is 2. The summed E-state index contributed by atoms with van der Waals surface area (Å²) >= 11 is 1.56. The van der Waals surface area contributed by atoms with Gasteiger partial charge in [-0.05, 0) is 13.8 Å². The number of hydrogen-bond donors (Lipinski definition) is 3. The van der Waals surface area contributed by atoms with E-state index in [0.29, 0.717) is 11.5 Å². The second kappa shape index (κ2) is 4.54. The van der Waals surface area contributed by atoms with E-state index in [1.54, 1.807) is 17.5 Å². The van der Waals surface area contributed by atoms with Gasteiger partial charge in [0.15, 0.2) is 0 Å². The Morgan fingerprint density at radius 2 is 2.41 bits per heavy atom. The fourth-order valence-electron chi connectivity index (χ4n) is 1.36. The van der Waals surface area contributed by atoms with Gasteiger partial charge in [0.25, 0.3) is 5.91 Å². The summed E-state index contributed by atoms with van der Waals surface area (Å²) in [6.45, 7) is 3.86. The summed E-state index contributed by atoms with van der Waals surface area (Å²) in [4.78, 5) is 17.1. The Hall–Kier alpha value is -1.89. The molecule has 0 spiro atoms. The van der Waals surface area contributed by atoms with Crippen molar-refractivity contribution < 1.29 is 4.79 Å². The largest absolute Gasteiger partial charge is 0.382 e. The molecule has 0 aliphatic heterocycles. The second-order valence-corrected chi connectivity index (χ2v) is 4.98. The summed E-state index contributed by atoms with van der Waals surface area (Å²) in [5.41, 5.74) is 5.78. The zero-order valence-corrected chi connectivity index (χ0v) is 10.3. The van der Waals surface area contributed by atoms with Crippen LogP contribution in [-0.4, -0.2) is 21.1 Å². The maximum absolute atomic E-state index is 11.8. The molecule has 0 radical (unpaired) electrons. The maximum atomic E-state index is 11.8. The smallest absolute Gasteiger partial charge is 0.269 e. The molecule has 0 aromatic carbocycles. The monoisotopic (exact) mass is 251 g/mol. The zero-order chi connectivity index (χ0) is 12.4. The summed E-state index contributed by atoms with van der Waals surface area (Å²) < 4.78 is 0. The highest BCUT2D eigenvalue weighted by Crippen LogP contribution is 2.19. The van der Waals surface area contributed by atoms with Crippen molar-refractivity contribution in [3.8, 4) is 0 Å². The second-order valence-electron chi connectivity index (χ2n) is 3.71. The van der Waals surface area contributed by atoms with Crippen molar-refractivity contribution in [3.05, 3.63) is 27.8 Å². The van der Waals surface area contributed by atoms with E-state index in [9.17, 15) is 4.79 Å². The van der Waals surface area contributed by atoms with Gasteiger partial charge in [-0.1, -0.05) is 0 Å². The van der Waals surface area contributed by atoms with Crippen LogP contribution >= 0.6 is 11.3 Å². The number of aromatic nitrogens is 3. The first-order valence-corrected chi connectivity index (χ1v) is 5.92. The lowest BCUT2D eigenvalue weighted by Gasteiger charge is -2.09. The Bertz CT molecular complexity index is 532. The van der Waals surface area contributed by atoms with Crippen molar-refractivity contribution in [3.63, 3.8) is 0 Å². The van der Waals surface area contributed by atoms with Gasteiger partial charge >= 0.3 is 0 Å². The fraction of sp³-hybridized carbons (Fsp3) is 0.300. The van der Waals surface area contributed by atoms with Crippen molar-refractivity contribution in [2.24, 2.45) is 0 Å². The van der Waals surface area contributed by atoms with Gasteiger partial charge in [-0.15, -0.1) is 11.3 Å². The predicted octanol–water partition coefficient (Wildman–Crippen LogP) is 1.25. The number of nitrogens with two attached hydrogens (primary N) is 1. The average molecular weight is 251 g/mol.